The van der Waals surface area contributed by atoms with Gasteiger partial charge in [-0.3, -0.25) is 4.79 Å². The third kappa shape index (κ3) is 12.7. The third-order valence-corrected chi connectivity index (χ3v) is 9.05. The highest BCUT2D eigenvalue weighted by atomic mass is 35.5. The van der Waals surface area contributed by atoms with Gasteiger partial charge in [-0.1, -0.05) is 107 Å². The van der Waals surface area contributed by atoms with Crippen LogP contribution >= 0.6 is 23.4 Å². The second kappa shape index (κ2) is 19.2. The summed E-state index contributed by atoms with van der Waals surface area (Å²) >= 11 is 8.31. The summed E-state index contributed by atoms with van der Waals surface area (Å²) in [6.45, 7) is 8.24. The average molecular weight is 599 g/mol. The van der Waals surface area contributed by atoms with Crippen LogP contribution in [0.2, 0.25) is 5.02 Å². The van der Waals surface area contributed by atoms with Crippen molar-refractivity contribution in [3.8, 4) is 5.75 Å². The molecule has 1 aliphatic heterocycles. The Hall–Kier alpha value is -2.11. The van der Waals surface area contributed by atoms with E-state index >= 15 is 0 Å². The van der Waals surface area contributed by atoms with E-state index < -0.39 is 0 Å². The van der Waals surface area contributed by atoms with E-state index in [1.165, 1.54) is 81.1 Å². The van der Waals surface area contributed by atoms with Gasteiger partial charge in [-0.25, -0.2) is 0 Å². The van der Waals surface area contributed by atoms with Gasteiger partial charge < -0.3 is 14.5 Å². The van der Waals surface area contributed by atoms with E-state index in [0.717, 1.165) is 42.3 Å². The quantitative estimate of drug-likeness (QED) is 0.142. The summed E-state index contributed by atoms with van der Waals surface area (Å²) in [6, 6.07) is 14.3. The van der Waals surface area contributed by atoms with Crippen LogP contribution < -0.4 is 9.64 Å². The van der Waals surface area contributed by atoms with Crippen LogP contribution in [0.15, 0.2) is 53.6 Å². The molecular formula is C35H51ClN2O2S. The molecule has 0 radical (unpaired) electrons. The molecule has 1 amide bonds. The number of amides is 1. The zero-order chi connectivity index (χ0) is 29.3. The van der Waals surface area contributed by atoms with E-state index in [4.69, 9.17) is 16.3 Å². The number of thioether (sulfide) groups is 1. The van der Waals surface area contributed by atoms with Gasteiger partial charge in [-0.2, -0.15) is 0 Å². The number of carbonyl (C=O) groups excluding carboxylic acids is 1. The Balaban J connectivity index is 1.36. The summed E-state index contributed by atoms with van der Waals surface area (Å²) in [4.78, 5) is 18.0. The van der Waals surface area contributed by atoms with Crippen molar-refractivity contribution in [2.24, 2.45) is 0 Å². The number of rotatable bonds is 20. The fourth-order valence-corrected chi connectivity index (χ4v) is 6.20. The molecule has 0 atom stereocenters. The minimum Gasteiger partial charge on any atom is -0.492 e. The van der Waals surface area contributed by atoms with Crippen LogP contribution in [-0.2, 0) is 17.8 Å². The fraction of sp³-hybridized carbons (Fsp3) is 0.571. The van der Waals surface area contributed by atoms with Gasteiger partial charge in [0.25, 0.3) is 0 Å². The lowest BCUT2D eigenvalue weighted by atomic mass is 10.1. The van der Waals surface area contributed by atoms with Crippen LogP contribution in [0.5, 0.6) is 5.75 Å². The number of hydrogen-bond donors (Lipinski definition) is 0. The number of ether oxygens (including phenoxy) is 1. The smallest absolute Gasteiger partial charge is 0.223 e. The van der Waals surface area contributed by atoms with E-state index in [1.807, 2.05) is 34.9 Å². The molecule has 2 aromatic carbocycles. The predicted molar refractivity (Wildman–Crippen MR) is 178 cm³/mol. The molecule has 41 heavy (non-hydrogen) atoms. The van der Waals surface area contributed by atoms with Crippen LogP contribution in [0.3, 0.4) is 0 Å². The summed E-state index contributed by atoms with van der Waals surface area (Å²) in [5.41, 5.74) is 3.30. The van der Waals surface area contributed by atoms with E-state index in [9.17, 15) is 4.79 Å². The molecule has 1 aliphatic rings. The number of nitrogens with zero attached hydrogens (tertiary/aromatic N) is 2. The van der Waals surface area contributed by atoms with Crippen LogP contribution in [0.1, 0.15) is 109 Å². The second-order valence-electron chi connectivity index (χ2n) is 11.3. The molecule has 0 unspecified atom stereocenters. The Labute approximate surface area is 258 Å². The minimum atomic E-state index is 0.0460. The Morgan fingerprint density at radius 3 is 2.10 bits per heavy atom. The van der Waals surface area contributed by atoms with Gasteiger partial charge in [-0.15, -0.1) is 11.8 Å². The molecule has 3 rings (SSSR count). The maximum Gasteiger partial charge on any atom is 0.223 e. The van der Waals surface area contributed by atoms with E-state index in [1.54, 1.807) is 6.92 Å². The third-order valence-electron chi connectivity index (χ3n) is 7.71. The molecule has 0 fully saturated rings. The van der Waals surface area contributed by atoms with E-state index in [2.05, 4.69) is 49.2 Å². The molecule has 0 aliphatic carbocycles. The number of anilines is 1. The standard InChI is InChI=1S/C35H51ClN2O2S/c1-4-5-6-7-8-9-10-11-12-13-14-15-24-40-35-25-31(18-21-34(35)36)22-23-38(30(3)39)33-19-16-32(17-20-33)27-37-26-29(2)41-28-37/h16-21,25-26H,4-15,22-24,27-28H2,1-3H3. The van der Waals surface area contributed by atoms with Gasteiger partial charge in [-0.05, 0) is 60.1 Å². The van der Waals surface area contributed by atoms with Crippen molar-refractivity contribution in [3.63, 3.8) is 0 Å². The van der Waals surface area contributed by atoms with Crippen molar-refractivity contribution in [1.82, 2.24) is 4.90 Å². The predicted octanol–water partition coefficient (Wildman–Crippen LogP) is 10.4. The molecule has 0 spiro atoms. The SMILES string of the molecule is CCCCCCCCCCCCCCOc1cc(CCN(C(C)=O)c2ccc(CN3C=C(C)SC3)cc2)ccc1Cl. The Morgan fingerprint density at radius 2 is 1.51 bits per heavy atom. The average Bonchev–Trinajstić information content (AvgIpc) is 3.37. The van der Waals surface area contributed by atoms with Crippen LogP contribution in [-0.4, -0.2) is 29.8 Å². The molecule has 1 heterocycles. The first-order valence-electron chi connectivity index (χ1n) is 15.8. The molecule has 4 nitrogen and oxygen atoms in total. The van der Waals surface area contributed by atoms with Crippen molar-refractivity contribution in [1.29, 1.82) is 0 Å². The Kier molecular flexibility index (Phi) is 15.6. The lowest BCUT2D eigenvalue weighted by Gasteiger charge is -2.22. The molecular weight excluding hydrogens is 548 g/mol. The first-order chi connectivity index (χ1) is 20.0. The fourth-order valence-electron chi connectivity index (χ4n) is 5.27. The molecule has 226 valence electrons. The zero-order valence-electron chi connectivity index (χ0n) is 25.6. The number of allylic oxidation sites excluding steroid dienone is 1. The second-order valence-corrected chi connectivity index (χ2v) is 12.9. The maximum absolute atomic E-state index is 12.5. The number of unbranched alkanes of at least 4 members (excludes halogenated alkanes) is 11. The molecule has 0 saturated carbocycles. The van der Waals surface area contributed by atoms with Crippen molar-refractivity contribution in [2.75, 3.05) is 23.9 Å². The van der Waals surface area contributed by atoms with Gasteiger partial charge in [0.05, 0.1) is 17.5 Å². The topological polar surface area (TPSA) is 32.8 Å². The first kappa shape index (κ1) is 33.4. The zero-order valence-corrected chi connectivity index (χ0v) is 27.2. The summed E-state index contributed by atoms with van der Waals surface area (Å²) in [5, 5.41) is 0.646. The monoisotopic (exact) mass is 598 g/mol. The van der Waals surface area contributed by atoms with Crippen molar-refractivity contribution in [3.05, 3.63) is 69.7 Å². The van der Waals surface area contributed by atoms with E-state index in [0.29, 0.717) is 18.2 Å². The molecule has 0 bridgehead atoms. The summed E-state index contributed by atoms with van der Waals surface area (Å²) in [6.07, 6.45) is 18.9. The van der Waals surface area contributed by atoms with Gasteiger partial charge in [0, 0.05) is 31.9 Å². The van der Waals surface area contributed by atoms with Gasteiger partial charge in [0.1, 0.15) is 5.75 Å². The van der Waals surface area contributed by atoms with Crippen LogP contribution in [0.25, 0.3) is 0 Å². The van der Waals surface area contributed by atoms with Gasteiger partial charge >= 0.3 is 0 Å². The van der Waals surface area contributed by atoms with Gasteiger partial charge in [0.2, 0.25) is 5.91 Å². The maximum atomic E-state index is 12.5. The summed E-state index contributed by atoms with van der Waals surface area (Å²) < 4.78 is 6.06. The summed E-state index contributed by atoms with van der Waals surface area (Å²) in [7, 11) is 0. The van der Waals surface area contributed by atoms with E-state index in [-0.39, 0.29) is 5.91 Å². The minimum absolute atomic E-state index is 0.0460. The molecule has 0 saturated heterocycles. The Bertz CT molecular complexity index is 1070. The van der Waals surface area contributed by atoms with Crippen molar-refractivity contribution < 1.29 is 9.53 Å². The first-order valence-corrected chi connectivity index (χ1v) is 17.2. The lowest BCUT2D eigenvalue weighted by Crippen LogP contribution is -2.30. The summed E-state index contributed by atoms with van der Waals surface area (Å²) in [5.74, 6) is 1.79. The van der Waals surface area contributed by atoms with Gasteiger partial charge in [0.15, 0.2) is 0 Å². The molecule has 0 N–H and O–H groups in total. The van der Waals surface area contributed by atoms with Crippen LogP contribution in [0.4, 0.5) is 5.69 Å². The number of benzene rings is 2. The van der Waals surface area contributed by atoms with Crippen LogP contribution in [0, 0.1) is 0 Å². The number of halogens is 1. The van der Waals surface area contributed by atoms with Crippen molar-refractivity contribution >= 4 is 35.0 Å². The number of hydrogen-bond acceptors (Lipinski definition) is 4. The largest absolute Gasteiger partial charge is 0.492 e. The Morgan fingerprint density at radius 1 is 0.902 bits per heavy atom. The normalized spacial score (nSPS) is 13.0. The molecule has 0 aromatic heterocycles. The highest BCUT2D eigenvalue weighted by Crippen LogP contribution is 2.28. The lowest BCUT2D eigenvalue weighted by molar-refractivity contribution is -0.116. The number of carbonyl (C=O) groups is 1. The molecule has 2 aromatic rings. The van der Waals surface area contributed by atoms with Crippen molar-refractivity contribution in [2.45, 2.75) is 111 Å². The highest BCUT2D eigenvalue weighted by Gasteiger charge is 2.14. The molecule has 6 heteroatoms. The highest BCUT2D eigenvalue weighted by molar-refractivity contribution is 8.03.